The molecular weight excluding hydrogens is 454 g/mol. The van der Waals surface area contributed by atoms with Crippen molar-refractivity contribution >= 4 is 5.69 Å². The molecule has 0 unspecified atom stereocenters. The lowest BCUT2D eigenvalue weighted by Gasteiger charge is -2.47. The molecule has 5 atom stereocenters. The molecule has 0 bridgehead atoms. The number of aliphatic hydroxyl groups is 3. The summed E-state index contributed by atoms with van der Waals surface area (Å²) in [6.45, 7) is 0.116. The fourth-order valence-electron chi connectivity index (χ4n) is 4.02. The maximum atomic E-state index is 11.6. The minimum Gasteiger partial charge on any atom is -0.387 e. The molecule has 184 valence electrons. The molecule has 4 rings (SSSR count). The van der Waals surface area contributed by atoms with E-state index < -0.39 is 35.1 Å². The van der Waals surface area contributed by atoms with Crippen molar-refractivity contribution in [3.63, 3.8) is 0 Å². The molecule has 0 saturated carbocycles. The number of nitro benzene ring substituents is 1. The van der Waals surface area contributed by atoms with Gasteiger partial charge in [0.15, 0.2) is 0 Å². The molecule has 9 heteroatoms. The van der Waals surface area contributed by atoms with Crippen LogP contribution in [0.2, 0.25) is 0 Å². The molecule has 1 aliphatic heterocycles. The minimum atomic E-state index is -2.08. The van der Waals surface area contributed by atoms with Crippen LogP contribution in [0.5, 0.6) is 0 Å². The Kier molecular flexibility index (Phi) is 7.86. The second-order valence-electron chi connectivity index (χ2n) is 8.36. The van der Waals surface area contributed by atoms with Crippen LogP contribution < -0.4 is 0 Å². The van der Waals surface area contributed by atoms with Crippen LogP contribution in [0.15, 0.2) is 84.9 Å². The molecule has 0 radical (unpaired) electrons. The van der Waals surface area contributed by atoms with Crippen molar-refractivity contribution in [1.29, 1.82) is 0 Å². The van der Waals surface area contributed by atoms with E-state index in [0.717, 1.165) is 5.56 Å². The van der Waals surface area contributed by atoms with E-state index in [1.54, 1.807) is 30.3 Å². The molecule has 35 heavy (non-hydrogen) atoms. The van der Waals surface area contributed by atoms with Crippen LogP contribution >= 0.6 is 0 Å². The Hall–Kier alpha value is -3.18. The van der Waals surface area contributed by atoms with E-state index >= 15 is 0 Å². The van der Waals surface area contributed by atoms with Crippen LogP contribution in [-0.4, -0.2) is 51.3 Å². The number of rotatable bonds is 9. The van der Waals surface area contributed by atoms with Gasteiger partial charge in [0.1, 0.15) is 24.4 Å². The van der Waals surface area contributed by atoms with E-state index in [1.807, 2.05) is 30.3 Å². The van der Waals surface area contributed by atoms with Crippen LogP contribution in [0, 0.1) is 10.1 Å². The van der Waals surface area contributed by atoms with Crippen LogP contribution in [0.3, 0.4) is 0 Å². The first-order chi connectivity index (χ1) is 16.9. The van der Waals surface area contributed by atoms with E-state index in [2.05, 4.69) is 0 Å². The van der Waals surface area contributed by atoms with Crippen molar-refractivity contribution in [2.45, 2.75) is 43.4 Å². The quantitative estimate of drug-likeness (QED) is 0.314. The smallest absolute Gasteiger partial charge is 0.269 e. The normalized spacial score (nSPS) is 26.4. The predicted octanol–water partition coefficient (Wildman–Crippen LogP) is 2.66. The standard InChI is InChI=1S/C26H27NO8/c28-23-22(17-33-15-18-7-3-1-4-8-18)35-26(30,20-9-5-2-6-10-20)25(24(23)29)34-16-19-11-13-21(14-12-19)27(31)32/h1-14,22-25,28-30H,15-17H2/t22-,23+,24+,25-,26-/m1/s1. The van der Waals surface area contributed by atoms with Gasteiger partial charge in [0.25, 0.3) is 5.69 Å². The zero-order valence-corrected chi connectivity index (χ0v) is 18.8. The Balaban J connectivity index is 1.50. The molecule has 9 nitrogen and oxygen atoms in total. The van der Waals surface area contributed by atoms with Crippen molar-refractivity contribution in [2.24, 2.45) is 0 Å². The number of nitro groups is 1. The zero-order chi connectivity index (χ0) is 24.8. The molecule has 0 amide bonds. The summed E-state index contributed by atoms with van der Waals surface area (Å²) >= 11 is 0. The van der Waals surface area contributed by atoms with E-state index in [9.17, 15) is 25.4 Å². The SMILES string of the molecule is O=[N+]([O-])c1ccc(CO[C@@H]2[C@@H](O)[C@@H](O)[C@@H](COCc3ccccc3)O[C@]2(O)c2ccccc2)cc1. The van der Waals surface area contributed by atoms with Crippen LogP contribution in [0.1, 0.15) is 16.7 Å². The van der Waals surface area contributed by atoms with E-state index in [-0.39, 0.29) is 25.5 Å². The van der Waals surface area contributed by atoms with Crippen molar-refractivity contribution in [1.82, 2.24) is 0 Å². The summed E-state index contributed by atoms with van der Waals surface area (Å²) in [7, 11) is 0. The number of benzene rings is 3. The van der Waals surface area contributed by atoms with Gasteiger partial charge in [-0.2, -0.15) is 0 Å². The summed E-state index contributed by atoms with van der Waals surface area (Å²) < 4.78 is 17.5. The first-order valence-corrected chi connectivity index (χ1v) is 11.2. The molecule has 0 aromatic heterocycles. The number of nitrogens with zero attached hydrogens (tertiary/aromatic N) is 1. The van der Waals surface area contributed by atoms with E-state index in [1.165, 1.54) is 24.3 Å². The summed E-state index contributed by atoms with van der Waals surface area (Å²) in [4.78, 5) is 10.4. The van der Waals surface area contributed by atoms with E-state index in [0.29, 0.717) is 11.1 Å². The monoisotopic (exact) mass is 481 g/mol. The average molecular weight is 482 g/mol. The van der Waals surface area contributed by atoms with Crippen LogP contribution in [0.25, 0.3) is 0 Å². The molecule has 1 saturated heterocycles. The third-order valence-corrected chi connectivity index (χ3v) is 5.92. The maximum Gasteiger partial charge on any atom is 0.269 e. The Bertz CT molecular complexity index is 1100. The second kappa shape index (κ2) is 11.0. The zero-order valence-electron chi connectivity index (χ0n) is 18.8. The van der Waals surface area contributed by atoms with Gasteiger partial charge in [0.2, 0.25) is 5.79 Å². The Morgan fingerprint density at radius 1 is 0.857 bits per heavy atom. The van der Waals surface area contributed by atoms with Gasteiger partial charge in [-0.15, -0.1) is 0 Å². The molecule has 3 aromatic carbocycles. The number of hydrogen-bond donors (Lipinski definition) is 3. The molecule has 1 fully saturated rings. The topological polar surface area (TPSA) is 132 Å². The van der Waals surface area contributed by atoms with Crippen LogP contribution in [0.4, 0.5) is 5.69 Å². The molecule has 3 aromatic rings. The van der Waals surface area contributed by atoms with Gasteiger partial charge in [-0.3, -0.25) is 10.1 Å². The lowest BCUT2D eigenvalue weighted by atomic mass is 9.88. The summed E-state index contributed by atoms with van der Waals surface area (Å²) in [6, 6.07) is 23.6. The predicted molar refractivity (Wildman–Crippen MR) is 125 cm³/mol. The summed E-state index contributed by atoms with van der Waals surface area (Å²) in [5.74, 6) is -2.08. The highest BCUT2D eigenvalue weighted by Gasteiger charge is 2.55. The third-order valence-electron chi connectivity index (χ3n) is 5.92. The molecule has 0 spiro atoms. The number of non-ortho nitro benzene ring substituents is 1. The van der Waals surface area contributed by atoms with Gasteiger partial charge in [-0.1, -0.05) is 60.7 Å². The van der Waals surface area contributed by atoms with Crippen LogP contribution in [-0.2, 0) is 33.2 Å². The maximum absolute atomic E-state index is 11.6. The molecule has 0 aliphatic carbocycles. The van der Waals surface area contributed by atoms with Gasteiger partial charge in [0, 0.05) is 17.7 Å². The highest BCUT2D eigenvalue weighted by molar-refractivity contribution is 5.32. The minimum absolute atomic E-state index is 0.0654. The van der Waals surface area contributed by atoms with Gasteiger partial charge >= 0.3 is 0 Å². The largest absolute Gasteiger partial charge is 0.387 e. The lowest BCUT2D eigenvalue weighted by Crippen LogP contribution is -2.64. The number of ether oxygens (including phenoxy) is 3. The molecule has 1 heterocycles. The van der Waals surface area contributed by atoms with E-state index in [4.69, 9.17) is 14.2 Å². The Morgan fingerprint density at radius 3 is 2.09 bits per heavy atom. The second-order valence-corrected chi connectivity index (χ2v) is 8.36. The highest BCUT2D eigenvalue weighted by Crippen LogP contribution is 2.38. The number of aliphatic hydroxyl groups excluding tert-OH is 2. The number of hydrogen-bond acceptors (Lipinski definition) is 8. The third kappa shape index (κ3) is 5.73. The summed E-state index contributed by atoms with van der Waals surface area (Å²) in [5.41, 5.74) is 1.79. The van der Waals surface area contributed by atoms with Crippen molar-refractivity contribution < 1.29 is 34.5 Å². The van der Waals surface area contributed by atoms with Gasteiger partial charge in [0.05, 0.1) is 24.7 Å². The molecule has 3 N–H and O–H groups in total. The highest BCUT2D eigenvalue weighted by atomic mass is 16.7. The van der Waals surface area contributed by atoms with Gasteiger partial charge in [-0.25, -0.2) is 0 Å². The van der Waals surface area contributed by atoms with Crippen molar-refractivity contribution in [2.75, 3.05) is 6.61 Å². The first kappa shape index (κ1) is 24.9. The van der Waals surface area contributed by atoms with Crippen molar-refractivity contribution in [3.05, 3.63) is 112 Å². The summed E-state index contributed by atoms with van der Waals surface area (Å²) in [5, 5.41) is 44.2. The average Bonchev–Trinajstić information content (AvgIpc) is 2.88. The first-order valence-electron chi connectivity index (χ1n) is 11.2. The molecule has 1 aliphatic rings. The molecular formula is C26H27NO8. The Morgan fingerprint density at radius 2 is 1.46 bits per heavy atom. The van der Waals surface area contributed by atoms with Gasteiger partial charge in [-0.05, 0) is 23.3 Å². The fraction of sp³-hybridized carbons (Fsp3) is 0.308. The lowest BCUT2D eigenvalue weighted by molar-refractivity contribution is -0.384. The van der Waals surface area contributed by atoms with Crippen molar-refractivity contribution in [3.8, 4) is 0 Å². The fourth-order valence-corrected chi connectivity index (χ4v) is 4.02. The van der Waals surface area contributed by atoms with Gasteiger partial charge < -0.3 is 29.5 Å². The Labute approximate surface area is 202 Å². The summed E-state index contributed by atoms with van der Waals surface area (Å²) in [6.07, 6.45) is -5.27.